The van der Waals surface area contributed by atoms with Crippen LogP contribution in [0.5, 0.6) is 0 Å². The topological polar surface area (TPSA) is 66.5 Å². The molecule has 0 radical (unpaired) electrons. The van der Waals surface area contributed by atoms with Gasteiger partial charge in [0.25, 0.3) is 0 Å². The van der Waals surface area contributed by atoms with Crippen LogP contribution in [0, 0.1) is 5.92 Å². The summed E-state index contributed by atoms with van der Waals surface area (Å²) in [6, 6.07) is 7.14. The molecular weight excluding hydrogens is 356 g/mol. The van der Waals surface area contributed by atoms with Crippen molar-refractivity contribution < 1.29 is 13.2 Å². The summed E-state index contributed by atoms with van der Waals surface area (Å²) in [5, 5.41) is 2.82. The Kier molecular flexibility index (Phi) is 5.27. The number of para-hydroxylation sites is 1. The van der Waals surface area contributed by atoms with Gasteiger partial charge in [-0.15, -0.1) is 0 Å². The number of halogens is 1. The minimum atomic E-state index is -3.40. The van der Waals surface area contributed by atoms with Crippen LogP contribution in [0.4, 0.5) is 5.69 Å². The van der Waals surface area contributed by atoms with E-state index in [4.69, 9.17) is 0 Å². The predicted molar refractivity (Wildman–Crippen MR) is 86.7 cm³/mol. The van der Waals surface area contributed by atoms with Crippen molar-refractivity contribution in [3.05, 3.63) is 28.7 Å². The molecule has 1 N–H and O–H groups in total. The van der Waals surface area contributed by atoms with Crippen molar-refractivity contribution >= 4 is 37.5 Å². The fourth-order valence-electron chi connectivity index (χ4n) is 2.21. The minimum Gasteiger partial charge on any atom is -0.354 e. The second-order valence-corrected chi connectivity index (χ2v) is 7.97. The van der Waals surface area contributed by atoms with E-state index in [1.54, 1.807) is 18.2 Å². The Morgan fingerprint density at radius 1 is 1.38 bits per heavy atom. The summed E-state index contributed by atoms with van der Waals surface area (Å²) in [4.78, 5) is 11.8. The molecule has 1 aliphatic carbocycles. The van der Waals surface area contributed by atoms with Gasteiger partial charge in [-0.3, -0.25) is 9.10 Å². The number of carbonyl (C=O) groups excluding carboxylic acids is 1. The second kappa shape index (κ2) is 6.79. The maximum absolute atomic E-state index is 12.0. The molecule has 0 spiro atoms. The SMILES string of the molecule is CS(=O)(=O)N(CCNC(=O)C1CCC1)c1ccccc1Br. The van der Waals surface area contributed by atoms with Crippen LogP contribution < -0.4 is 9.62 Å². The van der Waals surface area contributed by atoms with Crippen molar-refractivity contribution in [2.45, 2.75) is 19.3 Å². The van der Waals surface area contributed by atoms with Crippen molar-refractivity contribution in [1.29, 1.82) is 0 Å². The highest BCUT2D eigenvalue weighted by atomic mass is 79.9. The molecule has 1 aromatic carbocycles. The Morgan fingerprint density at radius 3 is 2.57 bits per heavy atom. The zero-order valence-corrected chi connectivity index (χ0v) is 14.3. The van der Waals surface area contributed by atoms with Gasteiger partial charge in [-0.05, 0) is 40.9 Å². The monoisotopic (exact) mass is 374 g/mol. The van der Waals surface area contributed by atoms with Gasteiger partial charge in [0, 0.05) is 16.9 Å². The van der Waals surface area contributed by atoms with E-state index in [0.29, 0.717) is 16.7 Å². The van der Waals surface area contributed by atoms with E-state index in [9.17, 15) is 13.2 Å². The van der Waals surface area contributed by atoms with Crippen LogP contribution in [0.3, 0.4) is 0 Å². The smallest absolute Gasteiger partial charge is 0.232 e. The molecule has 1 fully saturated rings. The van der Waals surface area contributed by atoms with Crippen molar-refractivity contribution in [3.63, 3.8) is 0 Å². The predicted octanol–water partition coefficient (Wildman–Crippen LogP) is 2.13. The average molecular weight is 375 g/mol. The van der Waals surface area contributed by atoms with Gasteiger partial charge in [0.1, 0.15) is 0 Å². The van der Waals surface area contributed by atoms with Gasteiger partial charge in [-0.25, -0.2) is 8.42 Å². The van der Waals surface area contributed by atoms with E-state index in [1.807, 2.05) is 6.07 Å². The highest BCUT2D eigenvalue weighted by molar-refractivity contribution is 9.10. The Morgan fingerprint density at radius 2 is 2.05 bits per heavy atom. The molecule has 21 heavy (non-hydrogen) atoms. The van der Waals surface area contributed by atoms with Gasteiger partial charge >= 0.3 is 0 Å². The molecule has 0 heterocycles. The highest BCUT2D eigenvalue weighted by Gasteiger charge is 2.25. The lowest BCUT2D eigenvalue weighted by atomic mass is 9.85. The number of amides is 1. The average Bonchev–Trinajstić information content (AvgIpc) is 2.32. The molecule has 0 aliphatic heterocycles. The van der Waals surface area contributed by atoms with Crippen LogP contribution in [0.2, 0.25) is 0 Å². The largest absolute Gasteiger partial charge is 0.354 e. The lowest BCUT2D eigenvalue weighted by Crippen LogP contribution is -2.41. The van der Waals surface area contributed by atoms with Gasteiger partial charge in [0.15, 0.2) is 0 Å². The minimum absolute atomic E-state index is 0.0295. The third-order valence-corrected chi connectivity index (χ3v) is 5.46. The van der Waals surface area contributed by atoms with E-state index in [0.717, 1.165) is 19.3 Å². The summed E-state index contributed by atoms with van der Waals surface area (Å²) in [7, 11) is -3.40. The highest BCUT2D eigenvalue weighted by Crippen LogP contribution is 2.28. The number of rotatable bonds is 6. The third-order valence-electron chi connectivity index (χ3n) is 3.61. The number of anilines is 1. The molecule has 0 unspecified atom stereocenters. The Labute approximate surface area is 133 Å². The standard InChI is InChI=1S/C14H19BrN2O3S/c1-21(19,20)17(13-8-3-2-7-12(13)15)10-9-16-14(18)11-5-4-6-11/h2-3,7-8,11H,4-6,9-10H2,1H3,(H,16,18). The van der Waals surface area contributed by atoms with E-state index >= 15 is 0 Å². The van der Waals surface area contributed by atoms with E-state index in [1.165, 1.54) is 10.6 Å². The number of nitrogens with zero attached hydrogens (tertiary/aromatic N) is 1. The zero-order chi connectivity index (χ0) is 15.5. The summed E-state index contributed by atoms with van der Waals surface area (Å²) in [5.41, 5.74) is 0.581. The molecule has 0 bridgehead atoms. The van der Waals surface area contributed by atoms with E-state index in [-0.39, 0.29) is 18.4 Å². The van der Waals surface area contributed by atoms with Gasteiger partial charge < -0.3 is 5.32 Å². The first kappa shape index (κ1) is 16.3. The summed E-state index contributed by atoms with van der Waals surface area (Å²) < 4.78 is 25.9. The molecule has 1 aromatic rings. The van der Waals surface area contributed by atoms with Gasteiger partial charge in [-0.2, -0.15) is 0 Å². The van der Waals surface area contributed by atoms with Crippen LogP contribution in [-0.4, -0.2) is 33.7 Å². The molecule has 0 saturated heterocycles. The van der Waals surface area contributed by atoms with Crippen LogP contribution >= 0.6 is 15.9 Å². The number of hydrogen-bond donors (Lipinski definition) is 1. The van der Waals surface area contributed by atoms with Crippen LogP contribution in [0.1, 0.15) is 19.3 Å². The summed E-state index contributed by atoms with van der Waals surface area (Å²) >= 11 is 3.36. The van der Waals surface area contributed by atoms with Crippen molar-refractivity contribution in [1.82, 2.24) is 5.32 Å². The molecule has 0 aromatic heterocycles. The molecule has 5 nitrogen and oxygen atoms in total. The molecule has 2 rings (SSSR count). The van der Waals surface area contributed by atoms with Crippen LogP contribution in [0.15, 0.2) is 28.7 Å². The first-order valence-electron chi connectivity index (χ1n) is 6.89. The molecular formula is C14H19BrN2O3S. The lowest BCUT2D eigenvalue weighted by Gasteiger charge is -2.26. The number of nitrogens with one attached hydrogen (secondary N) is 1. The summed E-state index contributed by atoms with van der Waals surface area (Å²) in [5.74, 6) is 0.141. The number of sulfonamides is 1. The number of hydrogen-bond acceptors (Lipinski definition) is 3. The molecule has 1 saturated carbocycles. The molecule has 1 aliphatic rings. The van der Waals surface area contributed by atoms with Crippen LogP contribution in [-0.2, 0) is 14.8 Å². The third kappa shape index (κ3) is 4.20. The maximum atomic E-state index is 12.0. The lowest BCUT2D eigenvalue weighted by molar-refractivity contribution is -0.127. The molecule has 0 atom stereocenters. The fraction of sp³-hybridized carbons (Fsp3) is 0.500. The summed E-state index contributed by atoms with van der Waals surface area (Å²) in [6.07, 6.45) is 4.14. The maximum Gasteiger partial charge on any atom is 0.232 e. The summed E-state index contributed by atoms with van der Waals surface area (Å²) in [6.45, 7) is 0.531. The van der Waals surface area contributed by atoms with Crippen molar-refractivity contribution in [2.75, 3.05) is 23.7 Å². The van der Waals surface area contributed by atoms with Crippen molar-refractivity contribution in [3.8, 4) is 0 Å². The fourth-order valence-corrected chi connectivity index (χ4v) is 3.77. The van der Waals surface area contributed by atoms with E-state index < -0.39 is 10.0 Å². The number of carbonyl (C=O) groups is 1. The van der Waals surface area contributed by atoms with Gasteiger partial charge in [0.2, 0.25) is 15.9 Å². The normalized spacial score (nSPS) is 15.3. The molecule has 1 amide bonds. The second-order valence-electron chi connectivity index (χ2n) is 5.21. The van der Waals surface area contributed by atoms with E-state index in [2.05, 4.69) is 21.2 Å². The van der Waals surface area contributed by atoms with Crippen LogP contribution in [0.25, 0.3) is 0 Å². The Hall–Kier alpha value is -1.08. The van der Waals surface area contributed by atoms with Crippen molar-refractivity contribution in [2.24, 2.45) is 5.92 Å². The Bertz CT molecular complexity index is 614. The quantitative estimate of drug-likeness (QED) is 0.829. The first-order chi connectivity index (χ1) is 9.89. The molecule has 116 valence electrons. The van der Waals surface area contributed by atoms with Gasteiger partial charge in [-0.1, -0.05) is 18.6 Å². The number of benzene rings is 1. The Balaban J connectivity index is 2.01. The first-order valence-corrected chi connectivity index (χ1v) is 9.53. The van der Waals surface area contributed by atoms with Gasteiger partial charge in [0.05, 0.1) is 18.5 Å². The zero-order valence-electron chi connectivity index (χ0n) is 11.9. The molecule has 7 heteroatoms.